The first-order valence-electron chi connectivity index (χ1n) is 7.88. The minimum atomic E-state index is -0.422. The topological polar surface area (TPSA) is 44.1 Å². The largest absolute Gasteiger partial charge is 0.352 e. The fraction of sp³-hybridized carbons (Fsp3) is 0.143. The average Bonchev–Trinajstić information content (AvgIpc) is 2.65. The molecule has 0 bridgehead atoms. The Bertz CT molecular complexity index is 829. The second kappa shape index (κ2) is 6.97. The summed E-state index contributed by atoms with van der Waals surface area (Å²) in [5, 5.41) is 9.41. The molecule has 3 rings (SSSR count). The van der Waals surface area contributed by atoms with Crippen LogP contribution in [-0.2, 0) is 4.79 Å². The zero-order valence-corrected chi connectivity index (χ0v) is 13.5. The van der Waals surface area contributed by atoms with Crippen molar-refractivity contribution in [1.82, 2.24) is 4.90 Å². The molecule has 0 radical (unpaired) electrons. The van der Waals surface area contributed by atoms with Crippen molar-refractivity contribution in [3.8, 4) is 6.07 Å². The third-order valence-corrected chi connectivity index (χ3v) is 4.28. The first kappa shape index (κ1) is 15.8. The Labute approximate surface area is 142 Å². The van der Waals surface area contributed by atoms with Gasteiger partial charge in [-0.1, -0.05) is 60.7 Å². The maximum absolute atomic E-state index is 11.9. The molecule has 0 aromatic heterocycles. The third kappa shape index (κ3) is 3.00. The zero-order valence-electron chi connectivity index (χ0n) is 13.5. The van der Waals surface area contributed by atoms with Gasteiger partial charge < -0.3 is 9.69 Å². The number of rotatable bonds is 4. The summed E-state index contributed by atoms with van der Waals surface area (Å²) in [6, 6.07) is 21.5. The average molecular weight is 314 g/mol. The van der Waals surface area contributed by atoms with E-state index in [-0.39, 0.29) is 0 Å². The molecule has 1 atom stereocenters. The molecular weight excluding hydrogens is 296 g/mol. The van der Waals surface area contributed by atoms with Crippen LogP contribution in [0.4, 0.5) is 0 Å². The van der Waals surface area contributed by atoms with Crippen molar-refractivity contribution in [2.45, 2.75) is 13.0 Å². The molecule has 2 aromatic carbocycles. The summed E-state index contributed by atoms with van der Waals surface area (Å²) in [6.07, 6.45) is 2.94. The predicted molar refractivity (Wildman–Crippen MR) is 94.7 cm³/mol. The van der Waals surface area contributed by atoms with E-state index >= 15 is 0 Å². The molecule has 1 heterocycles. The lowest BCUT2D eigenvalue weighted by atomic mass is 9.96. The fourth-order valence-electron chi connectivity index (χ4n) is 2.97. The number of benzene rings is 2. The van der Waals surface area contributed by atoms with Gasteiger partial charge in [0.05, 0.1) is 18.2 Å². The molecule has 118 valence electrons. The van der Waals surface area contributed by atoms with Gasteiger partial charge in [0, 0.05) is 5.70 Å². The first-order valence-corrected chi connectivity index (χ1v) is 7.88. The molecular formula is C21H18N2O. The molecule has 0 fully saturated rings. The van der Waals surface area contributed by atoms with E-state index in [0.29, 0.717) is 12.1 Å². The highest BCUT2D eigenvalue weighted by molar-refractivity contribution is 5.74. The number of hydrogen-bond donors (Lipinski definition) is 0. The quantitative estimate of drug-likeness (QED) is 0.797. The van der Waals surface area contributed by atoms with Crippen LogP contribution in [0.25, 0.3) is 5.70 Å². The summed E-state index contributed by atoms with van der Waals surface area (Å²) in [5.74, 6) is 0. The molecule has 0 aliphatic carbocycles. The number of carbonyl (C=O) groups excluding carboxylic acids is 1. The second-order valence-electron chi connectivity index (χ2n) is 5.79. The molecule has 1 aliphatic rings. The number of carbonyl (C=O) groups is 1. The number of aldehydes is 1. The van der Waals surface area contributed by atoms with E-state index in [1.807, 2.05) is 78.6 Å². The molecule has 3 nitrogen and oxygen atoms in total. The van der Waals surface area contributed by atoms with Gasteiger partial charge in [0.2, 0.25) is 0 Å². The predicted octanol–water partition coefficient (Wildman–Crippen LogP) is 4.12. The molecule has 2 aromatic rings. The minimum Gasteiger partial charge on any atom is -0.352 e. The van der Waals surface area contributed by atoms with Crippen LogP contribution >= 0.6 is 0 Å². The summed E-state index contributed by atoms with van der Waals surface area (Å²) < 4.78 is 0. The highest BCUT2D eigenvalue weighted by Crippen LogP contribution is 2.34. The molecule has 1 aliphatic heterocycles. The van der Waals surface area contributed by atoms with Crippen molar-refractivity contribution in [2.75, 3.05) is 6.54 Å². The minimum absolute atomic E-state index is 0.422. The number of nitriles is 1. The van der Waals surface area contributed by atoms with E-state index in [4.69, 9.17) is 0 Å². The van der Waals surface area contributed by atoms with E-state index < -0.39 is 6.04 Å². The number of nitrogens with zero attached hydrogens (tertiary/aromatic N) is 2. The summed E-state index contributed by atoms with van der Waals surface area (Å²) in [6.45, 7) is 2.37. The summed E-state index contributed by atoms with van der Waals surface area (Å²) in [4.78, 5) is 13.9. The summed E-state index contributed by atoms with van der Waals surface area (Å²) >= 11 is 0. The van der Waals surface area contributed by atoms with Crippen LogP contribution in [0.3, 0.4) is 0 Å². The van der Waals surface area contributed by atoms with Crippen molar-refractivity contribution >= 4 is 12.0 Å². The van der Waals surface area contributed by atoms with Crippen LogP contribution in [0.5, 0.6) is 0 Å². The van der Waals surface area contributed by atoms with Gasteiger partial charge in [0.15, 0.2) is 0 Å². The Hall–Kier alpha value is -3.12. The van der Waals surface area contributed by atoms with Gasteiger partial charge in [-0.2, -0.15) is 5.26 Å². The molecule has 0 saturated carbocycles. The van der Waals surface area contributed by atoms with Crippen molar-refractivity contribution in [2.24, 2.45) is 0 Å². The lowest BCUT2D eigenvalue weighted by Crippen LogP contribution is -2.32. The van der Waals surface area contributed by atoms with Crippen LogP contribution in [0.1, 0.15) is 24.1 Å². The molecule has 3 heteroatoms. The van der Waals surface area contributed by atoms with Gasteiger partial charge in [-0.15, -0.1) is 0 Å². The second-order valence-corrected chi connectivity index (χ2v) is 5.79. The highest BCUT2D eigenvalue weighted by Gasteiger charge is 2.27. The Morgan fingerprint density at radius 2 is 1.71 bits per heavy atom. The third-order valence-electron chi connectivity index (χ3n) is 4.28. The zero-order chi connectivity index (χ0) is 16.9. The maximum atomic E-state index is 11.9. The van der Waals surface area contributed by atoms with Gasteiger partial charge in [-0.05, 0) is 29.7 Å². The molecule has 24 heavy (non-hydrogen) atoms. The monoisotopic (exact) mass is 314 g/mol. The van der Waals surface area contributed by atoms with Gasteiger partial charge in [-0.3, -0.25) is 0 Å². The highest BCUT2D eigenvalue weighted by atomic mass is 16.1. The van der Waals surface area contributed by atoms with Crippen LogP contribution in [0, 0.1) is 11.3 Å². The van der Waals surface area contributed by atoms with E-state index in [9.17, 15) is 10.1 Å². The van der Waals surface area contributed by atoms with Crippen LogP contribution in [0.15, 0.2) is 77.9 Å². The van der Waals surface area contributed by atoms with E-state index in [0.717, 1.165) is 28.7 Å². The fourth-order valence-corrected chi connectivity index (χ4v) is 2.97. The van der Waals surface area contributed by atoms with Crippen LogP contribution in [0.2, 0.25) is 0 Å². The van der Waals surface area contributed by atoms with Gasteiger partial charge in [-0.25, -0.2) is 0 Å². The Morgan fingerprint density at radius 1 is 1.08 bits per heavy atom. The Balaban J connectivity index is 2.09. The molecule has 0 amide bonds. The van der Waals surface area contributed by atoms with Crippen LogP contribution in [-0.4, -0.2) is 17.7 Å². The summed E-state index contributed by atoms with van der Waals surface area (Å²) in [5.41, 5.74) is 4.57. The van der Waals surface area contributed by atoms with Crippen molar-refractivity contribution in [1.29, 1.82) is 5.26 Å². The first-order chi connectivity index (χ1) is 11.7. The Morgan fingerprint density at radius 3 is 2.29 bits per heavy atom. The summed E-state index contributed by atoms with van der Waals surface area (Å²) in [7, 11) is 0. The van der Waals surface area contributed by atoms with Crippen molar-refractivity contribution in [3.05, 3.63) is 89.0 Å². The van der Waals surface area contributed by atoms with Crippen LogP contribution < -0.4 is 0 Å². The lowest BCUT2D eigenvalue weighted by molar-refractivity contribution is -0.111. The van der Waals surface area contributed by atoms with Crippen molar-refractivity contribution in [3.63, 3.8) is 0 Å². The smallest absolute Gasteiger partial charge is 0.147 e. The molecule has 0 saturated heterocycles. The van der Waals surface area contributed by atoms with Crippen molar-refractivity contribution < 1.29 is 4.79 Å². The Kier molecular flexibility index (Phi) is 4.58. The number of hydrogen-bond acceptors (Lipinski definition) is 3. The van der Waals surface area contributed by atoms with E-state index in [2.05, 4.69) is 6.07 Å². The maximum Gasteiger partial charge on any atom is 0.147 e. The standard InChI is InChI=1S/C21H18N2O/c1-16-12-20(17-8-4-2-5-9-17)23(14-19(16)13-22)21(15-24)18-10-6-3-7-11-18/h2-12,15,21H,14H2,1H3. The van der Waals surface area contributed by atoms with E-state index in [1.165, 1.54) is 0 Å². The molecule has 0 N–H and O–H groups in total. The normalized spacial score (nSPS) is 15.5. The number of allylic oxidation sites excluding steroid dienone is 2. The van der Waals surface area contributed by atoms with Gasteiger partial charge >= 0.3 is 0 Å². The molecule has 1 unspecified atom stereocenters. The van der Waals surface area contributed by atoms with Gasteiger partial charge in [0.25, 0.3) is 0 Å². The molecule has 0 spiro atoms. The van der Waals surface area contributed by atoms with E-state index in [1.54, 1.807) is 0 Å². The lowest BCUT2D eigenvalue weighted by Gasteiger charge is -2.35. The van der Waals surface area contributed by atoms with Gasteiger partial charge in [0.1, 0.15) is 12.3 Å². The SMILES string of the molecule is CC1=C(C#N)CN(C(C=O)c2ccccc2)C(c2ccccc2)=C1.